The lowest BCUT2D eigenvalue weighted by atomic mass is 9.76. The van der Waals surface area contributed by atoms with Crippen LogP contribution in [0.2, 0.25) is 0 Å². The van der Waals surface area contributed by atoms with E-state index in [0.717, 1.165) is 54.9 Å². The van der Waals surface area contributed by atoms with E-state index in [1.54, 1.807) is 11.1 Å². The Bertz CT molecular complexity index is 2310. The summed E-state index contributed by atoms with van der Waals surface area (Å²) in [5, 5.41) is 3.60. The molecule has 4 heteroatoms. The standard InChI is InChI=1S/C52H51N3S/c1-3-4-7-13-35(2)50-53-51(43-30-28-41(29-31-43)40-22-20-38(21-23-40)36-14-8-5-9-15-36)55-52(54-50)45-18-12-19-48-49(45)46-34-44(32-33-47(46)56-48)42-26-24-39(25-27-42)37-16-10-6-11-17-37/h3-5,7-9,12-16,18-22,24,26,28-31,34,40,45,49,52H,2,6,10-11,17,23,25,27,32-33H2,1H3,(H,53,54,55)/b4-3-,13-7-. The van der Waals surface area contributed by atoms with Crippen molar-refractivity contribution in [2.75, 3.05) is 0 Å². The summed E-state index contributed by atoms with van der Waals surface area (Å²) in [6.45, 7) is 6.47. The Balaban J connectivity index is 0.986. The number of amidine groups is 2. The number of fused-ring (bicyclic) bond motifs is 2. The zero-order valence-corrected chi connectivity index (χ0v) is 33.3. The molecule has 2 aliphatic heterocycles. The Morgan fingerprint density at radius 1 is 0.804 bits per heavy atom. The van der Waals surface area contributed by atoms with Crippen LogP contribution in [0, 0.1) is 11.8 Å². The van der Waals surface area contributed by atoms with E-state index in [-0.39, 0.29) is 18.0 Å². The van der Waals surface area contributed by atoms with E-state index < -0.39 is 0 Å². The molecule has 4 unspecified atom stereocenters. The molecule has 0 saturated heterocycles. The monoisotopic (exact) mass is 749 g/mol. The van der Waals surface area contributed by atoms with Gasteiger partial charge in [-0.3, -0.25) is 0 Å². The fourth-order valence-corrected chi connectivity index (χ4v) is 10.5. The van der Waals surface area contributed by atoms with Crippen LogP contribution in [0.3, 0.4) is 0 Å². The van der Waals surface area contributed by atoms with Crippen LogP contribution < -0.4 is 5.32 Å². The largest absolute Gasteiger partial charge is 0.324 e. The van der Waals surface area contributed by atoms with Crippen LogP contribution in [0.15, 0.2) is 199 Å². The van der Waals surface area contributed by atoms with Gasteiger partial charge in [-0.15, -0.1) is 0 Å². The molecular weight excluding hydrogens is 699 g/mol. The normalized spacial score (nSPS) is 25.9. The number of rotatable bonds is 9. The van der Waals surface area contributed by atoms with E-state index >= 15 is 0 Å². The quantitative estimate of drug-likeness (QED) is 0.259. The molecule has 0 aromatic heterocycles. The number of hydrogen-bond acceptors (Lipinski definition) is 4. The molecule has 0 saturated carbocycles. The maximum atomic E-state index is 5.41. The smallest absolute Gasteiger partial charge is 0.151 e. The van der Waals surface area contributed by atoms with Gasteiger partial charge in [0, 0.05) is 28.9 Å². The number of hydrogen-bond donors (Lipinski definition) is 1. The Hall–Kier alpha value is -5.19. The summed E-state index contributed by atoms with van der Waals surface area (Å²) in [7, 11) is 0. The summed E-state index contributed by atoms with van der Waals surface area (Å²) >= 11 is 1.99. The molecule has 7 aliphatic rings. The van der Waals surface area contributed by atoms with Crippen LogP contribution in [-0.2, 0) is 0 Å². The number of aliphatic imine (C=N–C) groups is 2. The second kappa shape index (κ2) is 16.5. The first kappa shape index (κ1) is 36.4. The summed E-state index contributed by atoms with van der Waals surface area (Å²) in [5.74, 6) is 2.34. The van der Waals surface area contributed by atoms with Gasteiger partial charge in [-0.2, -0.15) is 0 Å². The van der Waals surface area contributed by atoms with Crippen molar-refractivity contribution in [3.63, 3.8) is 0 Å². The summed E-state index contributed by atoms with van der Waals surface area (Å²) in [5.41, 5.74) is 13.5. The number of nitrogens with one attached hydrogen (secondary N) is 1. The van der Waals surface area contributed by atoms with Crippen LogP contribution in [-0.4, -0.2) is 17.8 Å². The van der Waals surface area contributed by atoms with E-state index in [1.165, 1.54) is 68.9 Å². The second-order valence-electron chi connectivity index (χ2n) is 15.8. The fraction of sp³-hybridized carbons (Fsp3) is 0.269. The maximum absolute atomic E-state index is 5.41. The first-order valence-corrected chi connectivity index (χ1v) is 21.5. The molecule has 2 aromatic rings. The fourth-order valence-electron chi connectivity index (χ4n) is 9.13. The van der Waals surface area contributed by atoms with Gasteiger partial charge in [-0.25, -0.2) is 9.98 Å². The Morgan fingerprint density at radius 3 is 2.38 bits per heavy atom. The molecule has 5 aliphatic carbocycles. The average Bonchev–Trinajstić information content (AvgIpc) is 3.65. The lowest BCUT2D eigenvalue weighted by molar-refractivity contribution is 0.438. The first-order valence-electron chi connectivity index (χ1n) is 20.7. The molecular formula is C52H51N3S. The molecule has 56 heavy (non-hydrogen) atoms. The van der Waals surface area contributed by atoms with Gasteiger partial charge in [0.1, 0.15) is 11.7 Å². The molecule has 0 bridgehead atoms. The molecule has 0 amide bonds. The minimum Gasteiger partial charge on any atom is -0.324 e. The summed E-state index contributed by atoms with van der Waals surface area (Å²) in [6.07, 6.45) is 42.3. The van der Waals surface area contributed by atoms with Gasteiger partial charge >= 0.3 is 0 Å². The van der Waals surface area contributed by atoms with Gasteiger partial charge in [0.25, 0.3) is 0 Å². The second-order valence-corrected chi connectivity index (χ2v) is 16.9. The number of nitrogens with zero attached hydrogens (tertiary/aromatic N) is 2. The minimum absolute atomic E-state index is 0.104. The average molecular weight is 750 g/mol. The van der Waals surface area contributed by atoms with Crippen molar-refractivity contribution >= 4 is 29.0 Å². The SMILES string of the molecule is C=C(/C=C\C=C/C)C1=NC(C2C=CC=C3SC4=C(C=C(C5=CC=C(C6=CCCCC6)CC5)CC4)C32)N=C(c2ccc(C3C=CC(c4ccccc4)=CC3)cc2)N1. The van der Waals surface area contributed by atoms with Crippen LogP contribution in [0.1, 0.15) is 87.3 Å². The highest BCUT2D eigenvalue weighted by Gasteiger charge is 2.42. The molecule has 0 fully saturated rings. The van der Waals surface area contributed by atoms with Gasteiger partial charge in [-0.1, -0.05) is 158 Å². The summed E-state index contributed by atoms with van der Waals surface area (Å²) in [6, 6.07) is 19.6. The van der Waals surface area contributed by atoms with E-state index in [0.29, 0.717) is 5.92 Å². The van der Waals surface area contributed by atoms with E-state index in [2.05, 4.69) is 127 Å². The summed E-state index contributed by atoms with van der Waals surface area (Å²) in [4.78, 5) is 13.7. The third kappa shape index (κ3) is 7.64. The molecule has 3 nitrogen and oxygen atoms in total. The third-order valence-corrected chi connectivity index (χ3v) is 13.5. The molecule has 280 valence electrons. The highest BCUT2D eigenvalue weighted by atomic mass is 32.2. The Kier molecular flexibility index (Phi) is 10.7. The van der Waals surface area contributed by atoms with Crippen molar-refractivity contribution < 1.29 is 0 Å². The van der Waals surface area contributed by atoms with Gasteiger partial charge < -0.3 is 5.32 Å². The minimum atomic E-state index is -0.282. The highest BCUT2D eigenvalue weighted by molar-refractivity contribution is 8.07. The molecule has 0 spiro atoms. The van der Waals surface area contributed by atoms with E-state index in [9.17, 15) is 0 Å². The predicted octanol–water partition coefficient (Wildman–Crippen LogP) is 13.1. The lowest BCUT2D eigenvalue weighted by Crippen LogP contribution is -2.40. The third-order valence-electron chi connectivity index (χ3n) is 12.2. The van der Waals surface area contributed by atoms with Crippen molar-refractivity contribution in [3.8, 4) is 0 Å². The van der Waals surface area contributed by atoms with Crippen molar-refractivity contribution in [2.24, 2.45) is 21.8 Å². The number of thioether (sulfide) groups is 1. The lowest BCUT2D eigenvalue weighted by Gasteiger charge is -2.33. The van der Waals surface area contributed by atoms with Gasteiger partial charge in [0.15, 0.2) is 6.17 Å². The van der Waals surface area contributed by atoms with Crippen molar-refractivity contribution in [1.82, 2.24) is 5.32 Å². The summed E-state index contributed by atoms with van der Waals surface area (Å²) < 4.78 is 0. The molecule has 2 heterocycles. The topological polar surface area (TPSA) is 36.8 Å². The zero-order chi connectivity index (χ0) is 37.8. The van der Waals surface area contributed by atoms with E-state index in [4.69, 9.17) is 9.98 Å². The molecule has 2 aromatic carbocycles. The van der Waals surface area contributed by atoms with E-state index in [1.807, 2.05) is 43.0 Å². The number of benzene rings is 2. The van der Waals surface area contributed by atoms with Crippen molar-refractivity contribution in [2.45, 2.75) is 76.8 Å². The van der Waals surface area contributed by atoms with Gasteiger partial charge in [0.2, 0.25) is 0 Å². The van der Waals surface area contributed by atoms with Crippen LogP contribution in [0.5, 0.6) is 0 Å². The maximum Gasteiger partial charge on any atom is 0.151 e. The molecule has 1 N–H and O–H groups in total. The zero-order valence-electron chi connectivity index (χ0n) is 32.5. The molecule has 0 radical (unpaired) electrons. The van der Waals surface area contributed by atoms with Crippen molar-refractivity contribution in [3.05, 3.63) is 206 Å². The predicted molar refractivity (Wildman–Crippen MR) is 239 cm³/mol. The van der Waals surface area contributed by atoms with Crippen molar-refractivity contribution in [1.29, 1.82) is 0 Å². The van der Waals surface area contributed by atoms with Gasteiger partial charge in [0.05, 0.1) is 0 Å². The molecule has 4 atom stereocenters. The van der Waals surface area contributed by atoms with Crippen LogP contribution in [0.25, 0.3) is 5.57 Å². The Morgan fingerprint density at radius 2 is 1.62 bits per heavy atom. The Labute approximate surface area is 337 Å². The van der Waals surface area contributed by atoms with Crippen LogP contribution >= 0.6 is 11.8 Å². The number of allylic oxidation sites excluding steroid dienone is 20. The van der Waals surface area contributed by atoms with Crippen LogP contribution in [0.4, 0.5) is 0 Å². The highest BCUT2D eigenvalue weighted by Crippen LogP contribution is 2.56. The van der Waals surface area contributed by atoms with Gasteiger partial charge in [-0.05, 0) is 119 Å². The molecule has 9 rings (SSSR count). The first-order chi connectivity index (χ1) is 27.6.